The van der Waals surface area contributed by atoms with Gasteiger partial charge in [-0.05, 0) is 100 Å². The molecular formula is C42H96N3P2+5. The molecule has 0 unspecified atom stereocenters. The first-order valence-corrected chi connectivity index (χ1v) is 24.3. The second-order valence-corrected chi connectivity index (χ2v) is 29.1. The monoisotopic (exact) mass is 705 g/mol. The Hall–Kier alpha value is -0.0400. The summed E-state index contributed by atoms with van der Waals surface area (Å²) in [6.45, 7) is 32.9. The normalized spacial score (nSPS) is 14.6. The van der Waals surface area contributed by atoms with Gasteiger partial charge in [-0.15, -0.1) is 0 Å². The van der Waals surface area contributed by atoms with Crippen molar-refractivity contribution in [3.05, 3.63) is 35.9 Å². The van der Waals surface area contributed by atoms with Crippen LogP contribution >= 0.6 is 14.5 Å². The Bertz CT molecular complexity index is 804. The summed E-state index contributed by atoms with van der Waals surface area (Å²) in [6.07, 6.45) is 8.83. The molecule has 0 amide bonds. The fraction of sp³-hybridized carbons (Fsp3) is 0.857. The van der Waals surface area contributed by atoms with Crippen molar-refractivity contribution in [2.24, 2.45) is 0 Å². The van der Waals surface area contributed by atoms with Crippen molar-refractivity contribution in [2.75, 3.05) is 90.1 Å². The Balaban J connectivity index is -0.000000253. The van der Waals surface area contributed by atoms with Crippen LogP contribution in [0.15, 0.2) is 30.3 Å². The average molecular weight is 705 g/mol. The molecule has 0 heterocycles. The van der Waals surface area contributed by atoms with Crippen LogP contribution in [-0.4, -0.2) is 139 Å². The lowest BCUT2D eigenvalue weighted by molar-refractivity contribution is -0.891. The summed E-state index contributed by atoms with van der Waals surface area (Å²) >= 11 is 0. The molecule has 3 nitrogen and oxygen atoms in total. The maximum Gasteiger partial charge on any atom is 0.0840 e. The summed E-state index contributed by atoms with van der Waals surface area (Å²) in [5, 5.41) is 0. The van der Waals surface area contributed by atoms with Crippen LogP contribution in [0.25, 0.3) is 0 Å². The molecule has 1 saturated carbocycles. The van der Waals surface area contributed by atoms with Gasteiger partial charge in [-0.25, -0.2) is 0 Å². The van der Waals surface area contributed by atoms with E-state index in [1.54, 1.807) is 0 Å². The third kappa shape index (κ3) is 27.4. The zero-order valence-corrected chi connectivity index (χ0v) is 38.1. The molecule has 0 radical (unpaired) electrons. The number of hydrogen-bond donors (Lipinski definition) is 0. The van der Waals surface area contributed by atoms with Gasteiger partial charge in [-0.2, -0.15) is 0 Å². The predicted octanol–water partition coefficient (Wildman–Crippen LogP) is 11.8. The largest absolute Gasteiger partial charge is 0.329 e. The van der Waals surface area contributed by atoms with E-state index < -0.39 is 14.5 Å². The molecule has 2 rings (SSSR count). The second-order valence-electron chi connectivity index (χ2n) is 19.2. The predicted molar refractivity (Wildman–Crippen MR) is 231 cm³/mol. The molecule has 1 aliphatic carbocycles. The highest BCUT2D eigenvalue weighted by atomic mass is 31.2. The molecule has 0 atom stereocenters. The third-order valence-electron chi connectivity index (χ3n) is 11.3. The summed E-state index contributed by atoms with van der Waals surface area (Å²) in [4.78, 5) is 0. The van der Waals surface area contributed by atoms with Crippen molar-refractivity contribution in [1.29, 1.82) is 0 Å². The molecule has 5 heteroatoms. The maximum absolute atomic E-state index is 2.56. The number of benzene rings is 1. The number of hydrogen-bond acceptors (Lipinski definition) is 0. The molecule has 1 aliphatic rings. The van der Waals surface area contributed by atoms with Crippen molar-refractivity contribution >= 4 is 14.5 Å². The van der Waals surface area contributed by atoms with E-state index >= 15 is 0 Å². The van der Waals surface area contributed by atoms with E-state index in [0.717, 1.165) is 48.6 Å². The molecule has 0 N–H and O–H groups in total. The Kier molecular flexibility index (Phi) is 27.7. The fourth-order valence-electron chi connectivity index (χ4n) is 3.40. The summed E-state index contributed by atoms with van der Waals surface area (Å²) in [5.74, 6) is 0. The first-order valence-electron chi connectivity index (χ1n) is 18.5. The van der Waals surface area contributed by atoms with Crippen LogP contribution in [0.3, 0.4) is 0 Å². The first-order chi connectivity index (χ1) is 20.4. The second kappa shape index (κ2) is 24.2. The highest BCUT2D eigenvalue weighted by Crippen LogP contribution is 2.63. The van der Waals surface area contributed by atoms with Crippen LogP contribution in [0.2, 0.25) is 0 Å². The Morgan fingerprint density at radius 1 is 0.532 bits per heavy atom. The van der Waals surface area contributed by atoms with Gasteiger partial charge in [0.2, 0.25) is 0 Å². The highest BCUT2D eigenvalue weighted by Gasteiger charge is 2.39. The van der Waals surface area contributed by atoms with E-state index in [0.29, 0.717) is 0 Å². The maximum atomic E-state index is 2.56. The molecule has 1 aromatic carbocycles. The van der Waals surface area contributed by atoms with E-state index in [-0.39, 0.29) is 7.43 Å². The first kappa shape index (κ1) is 53.7. The molecule has 1 aromatic rings. The van der Waals surface area contributed by atoms with Crippen molar-refractivity contribution < 1.29 is 13.4 Å². The molecule has 0 spiro atoms. The Labute approximate surface area is 303 Å². The molecule has 284 valence electrons. The average Bonchev–Trinajstić information content (AvgIpc) is 2.89. The quantitative estimate of drug-likeness (QED) is 0.187. The molecule has 47 heavy (non-hydrogen) atoms. The van der Waals surface area contributed by atoms with Crippen LogP contribution in [0.5, 0.6) is 0 Å². The summed E-state index contributed by atoms with van der Waals surface area (Å²) in [7, 11) is 18.5. The van der Waals surface area contributed by atoms with Crippen LogP contribution < -0.4 is 0 Å². The topological polar surface area (TPSA) is 0 Å². The van der Waals surface area contributed by atoms with E-state index in [2.05, 4.69) is 190 Å². The van der Waals surface area contributed by atoms with E-state index in [1.807, 2.05) is 0 Å². The molecular weight excluding hydrogens is 608 g/mol. The molecule has 1 fully saturated rings. The zero-order valence-electron chi connectivity index (χ0n) is 36.3. The van der Waals surface area contributed by atoms with Gasteiger partial charge in [0, 0.05) is 41.2 Å². The lowest BCUT2D eigenvalue weighted by atomic mass is 10.0. The highest BCUT2D eigenvalue weighted by molar-refractivity contribution is 7.75. The van der Waals surface area contributed by atoms with E-state index in [9.17, 15) is 0 Å². The summed E-state index contributed by atoms with van der Waals surface area (Å²) in [6, 6.07) is 13.0. The van der Waals surface area contributed by atoms with Crippen molar-refractivity contribution in [3.63, 3.8) is 0 Å². The molecule has 0 saturated heterocycles. The Morgan fingerprint density at radius 2 is 0.830 bits per heavy atom. The van der Waals surface area contributed by atoms with Crippen molar-refractivity contribution in [3.8, 4) is 0 Å². The standard InChI is InChI=1S/C12H20P.C11H24P.3C6H16N.CH4/c1-11(2)13(3,4)10-12-8-6-5-7-9-12;1-10(2)12(3,4)11-8-6-5-7-9-11;3*1-6(2)7(3,4)5;/h5-9,11H,10H2,1-4H3;10-11H,5-9H2,1-4H3;3*6H,1-5H3;1H4/q5*+1;. The van der Waals surface area contributed by atoms with Gasteiger partial charge in [-0.3, -0.25) is 0 Å². The van der Waals surface area contributed by atoms with Gasteiger partial charge in [0.15, 0.2) is 0 Å². The van der Waals surface area contributed by atoms with Gasteiger partial charge in [0.1, 0.15) is 0 Å². The molecule has 0 aliphatic heterocycles. The minimum Gasteiger partial charge on any atom is -0.329 e. The van der Waals surface area contributed by atoms with E-state index in [1.165, 1.54) is 43.8 Å². The van der Waals surface area contributed by atoms with Gasteiger partial charge in [0.25, 0.3) is 0 Å². The number of quaternary nitrogens is 3. The zero-order chi connectivity index (χ0) is 37.3. The summed E-state index contributed by atoms with van der Waals surface area (Å²) in [5.41, 5.74) is 4.38. The van der Waals surface area contributed by atoms with Gasteiger partial charge in [-0.1, -0.05) is 44.2 Å². The molecule has 0 bridgehead atoms. The third-order valence-corrected chi connectivity index (χ3v) is 20.4. The van der Waals surface area contributed by atoms with Crippen molar-refractivity contribution in [2.45, 2.75) is 150 Å². The van der Waals surface area contributed by atoms with Gasteiger partial charge in [0.05, 0.1) is 105 Å². The fourth-order valence-corrected chi connectivity index (χ4v) is 7.46. The lowest BCUT2D eigenvalue weighted by Crippen LogP contribution is -2.41. The van der Waals surface area contributed by atoms with Crippen molar-refractivity contribution in [1.82, 2.24) is 0 Å². The van der Waals surface area contributed by atoms with Gasteiger partial charge < -0.3 is 13.4 Å². The SMILES string of the molecule is C.CC(C)[N+](C)(C)C.CC(C)[N+](C)(C)C.CC(C)[N+](C)(C)C.CC(C)[P+](C)(C)C1CCCCC1.CC(C)[P+](C)(C)Cc1ccccc1. The lowest BCUT2D eigenvalue weighted by Gasteiger charge is -2.33. The smallest absolute Gasteiger partial charge is 0.0840 e. The summed E-state index contributed by atoms with van der Waals surface area (Å²) < 4.78 is 3.17. The van der Waals surface area contributed by atoms with Crippen LogP contribution in [0.4, 0.5) is 0 Å². The minimum absolute atomic E-state index is 0. The van der Waals surface area contributed by atoms with E-state index in [4.69, 9.17) is 0 Å². The Morgan fingerprint density at radius 3 is 1.06 bits per heavy atom. The van der Waals surface area contributed by atoms with Crippen LogP contribution in [0.1, 0.15) is 114 Å². The minimum atomic E-state index is -0.736. The number of nitrogens with zero attached hydrogens (tertiary/aromatic N) is 3. The van der Waals surface area contributed by atoms with Crippen LogP contribution in [0, 0.1) is 0 Å². The van der Waals surface area contributed by atoms with Crippen LogP contribution in [-0.2, 0) is 6.16 Å². The number of rotatable bonds is 8. The van der Waals surface area contributed by atoms with Gasteiger partial charge >= 0.3 is 0 Å². The molecule has 0 aromatic heterocycles.